The fourth-order valence-electron chi connectivity index (χ4n) is 3.06. The Labute approximate surface area is 178 Å². The number of fused-ring (bicyclic) bond motifs is 1. The van der Waals surface area contributed by atoms with Crippen molar-refractivity contribution in [1.29, 1.82) is 0 Å². The van der Waals surface area contributed by atoms with Gasteiger partial charge in [0.15, 0.2) is 11.6 Å². The molecule has 0 unspecified atom stereocenters. The van der Waals surface area contributed by atoms with Crippen LogP contribution in [0.15, 0.2) is 39.5 Å². The molecule has 0 radical (unpaired) electrons. The van der Waals surface area contributed by atoms with Crippen molar-refractivity contribution >= 4 is 49.3 Å². The van der Waals surface area contributed by atoms with Crippen LogP contribution in [0.4, 0.5) is 0 Å². The van der Waals surface area contributed by atoms with Gasteiger partial charge in [-0.15, -0.1) is 11.3 Å². The number of nitrogens with zero attached hydrogens (tertiary/aromatic N) is 3. The number of hydrazine groups is 1. The molecule has 8 nitrogen and oxygen atoms in total. The fourth-order valence-corrected chi connectivity index (χ4v) is 4.71. The van der Waals surface area contributed by atoms with E-state index in [-0.39, 0.29) is 0 Å². The molecular formula is C19H16BrN5O3S. The molecule has 4 aromatic rings. The lowest BCUT2D eigenvalue weighted by Crippen LogP contribution is -2.42. The highest BCUT2D eigenvalue weighted by Crippen LogP contribution is 2.32. The van der Waals surface area contributed by atoms with Crippen LogP contribution in [0.5, 0.6) is 0 Å². The second kappa shape index (κ2) is 7.45. The van der Waals surface area contributed by atoms with E-state index >= 15 is 0 Å². The summed E-state index contributed by atoms with van der Waals surface area (Å²) in [6.45, 7) is 3.71. The van der Waals surface area contributed by atoms with Crippen LogP contribution in [0.25, 0.3) is 21.8 Å². The van der Waals surface area contributed by atoms with Crippen molar-refractivity contribution in [2.24, 2.45) is 7.05 Å². The summed E-state index contributed by atoms with van der Waals surface area (Å²) in [4.78, 5) is 35.2. The van der Waals surface area contributed by atoms with E-state index < -0.39 is 11.8 Å². The van der Waals surface area contributed by atoms with E-state index in [9.17, 15) is 9.59 Å². The van der Waals surface area contributed by atoms with Gasteiger partial charge in [-0.1, -0.05) is 0 Å². The Morgan fingerprint density at radius 1 is 1.21 bits per heavy atom. The lowest BCUT2D eigenvalue weighted by atomic mass is 10.1. The minimum Gasteiger partial charge on any atom is -0.461 e. The monoisotopic (exact) mass is 473 g/mol. The number of furan rings is 1. The molecule has 0 aliphatic rings. The molecule has 0 spiro atoms. The first kappa shape index (κ1) is 19.3. The van der Waals surface area contributed by atoms with Crippen molar-refractivity contribution in [3.05, 3.63) is 57.0 Å². The highest BCUT2D eigenvalue weighted by Gasteiger charge is 2.21. The van der Waals surface area contributed by atoms with Gasteiger partial charge in [-0.05, 0) is 53.5 Å². The lowest BCUT2D eigenvalue weighted by Gasteiger charge is -2.07. The van der Waals surface area contributed by atoms with Crippen molar-refractivity contribution in [3.63, 3.8) is 0 Å². The smallest absolute Gasteiger partial charge is 0.286 e. The summed E-state index contributed by atoms with van der Waals surface area (Å²) in [5, 5.41) is 0.827. The Morgan fingerprint density at radius 3 is 2.62 bits per heavy atom. The summed E-state index contributed by atoms with van der Waals surface area (Å²) in [7, 11) is 1.75. The number of hydrogen-bond acceptors (Lipinski definition) is 6. The van der Waals surface area contributed by atoms with Crippen LogP contribution < -0.4 is 10.9 Å². The van der Waals surface area contributed by atoms with Crippen LogP contribution in [-0.4, -0.2) is 26.3 Å². The lowest BCUT2D eigenvalue weighted by molar-refractivity contribution is 0.0844. The molecule has 0 atom stereocenters. The summed E-state index contributed by atoms with van der Waals surface area (Å²) in [6, 6.07) is 5.22. The molecular weight excluding hydrogens is 458 g/mol. The molecule has 0 aliphatic heterocycles. The molecule has 29 heavy (non-hydrogen) atoms. The average molecular weight is 474 g/mol. The van der Waals surface area contributed by atoms with Gasteiger partial charge in [0.25, 0.3) is 11.8 Å². The number of aryl methyl sites for hydroxylation is 3. The maximum absolute atomic E-state index is 12.7. The van der Waals surface area contributed by atoms with Crippen LogP contribution in [0.2, 0.25) is 0 Å². The summed E-state index contributed by atoms with van der Waals surface area (Å²) < 4.78 is 7.81. The van der Waals surface area contributed by atoms with Gasteiger partial charge >= 0.3 is 0 Å². The number of hydrogen-bond donors (Lipinski definition) is 2. The quantitative estimate of drug-likeness (QED) is 0.441. The van der Waals surface area contributed by atoms with Gasteiger partial charge in [-0.2, -0.15) is 0 Å². The topological polar surface area (TPSA) is 102 Å². The van der Waals surface area contributed by atoms with Crippen LogP contribution in [0, 0.1) is 13.8 Å². The molecule has 0 fully saturated rings. The number of amides is 2. The molecule has 10 heteroatoms. The largest absolute Gasteiger partial charge is 0.461 e. The summed E-state index contributed by atoms with van der Waals surface area (Å²) >= 11 is 4.56. The number of nitrogens with one attached hydrogen (secondary N) is 2. The Morgan fingerprint density at radius 2 is 1.97 bits per heavy atom. The third-order valence-corrected chi connectivity index (χ3v) is 6.03. The van der Waals surface area contributed by atoms with E-state index in [0.29, 0.717) is 27.0 Å². The standard InChI is InChI=1S/C19H16BrN5O3S/c1-9-14-10(2)21-16(13-5-4-6-28-13)22-19(14)29-15(9)18(27)24-23-17(26)12-7-11(20)8-25(12)3/h4-8H,1-3H3,(H,23,26)(H,24,27). The zero-order chi connectivity index (χ0) is 20.7. The van der Waals surface area contributed by atoms with Crippen molar-refractivity contribution in [3.8, 4) is 11.6 Å². The van der Waals surface area contributed by atoms with E-state index in [1.807, 2.05) is 13.8 Å². The fraction of sp³-hybridized carbons (Fsp3) is 0.158. The third kappa shape index (κ3) is 3.56. The summed E-state index contributed by atoms with van der Waals surface area (Å²) in [5.74, 6) is 0.205. The van der Waals surface area contributed by atoms with Crippen molar-refractivity contribution in [2.75, 3.05) is 0 Å². The van der Waals surface area contributed by atoms with Crippen LogP contribution in [0.3, 0.4) is 0 Å². The molecule has 4 rings (SSSR count). The first-order chi connectivity index (χ1) is 13.8. The Hall–Kier alpha value is -2.98. The molecule has 0 aromatic carbocycles. The average Bonchev–Trinajstić information content (AvgIpc) is 3.39. The van der Waals surface area contributed by atoms with Gasteiger partial charge in [0.05, 0.1) is 16.8 Å². The SMILES string of the molecule is Cc1nc(-c2ccco2)nc2sc(C(=O)NNC(=O)c3cc(Br)cn3C)c(C)c12. The van der Waals surface area contributed by atoms with E-state index in [4.69, 9.17) is 4.42 Å². The highest BCUT2D eigenvalue weighted by atomic mass is 79.9. The molecule has 2 amide bonds. The normalized spacial score (nSPS) is 11.0. The van der Waals surface area contributed by atoms with Crippen LogP contribution >= 0.6 is 27.3 Å². The number of halogens is 1. The van der Waals surface area contributed by atoms with Gasteiger partial charge in [-0.3, -0.25) is 20.4 Å². The zero-order valence-corrected chi connectivity index (χ0v) is 18.1. The zero-order valence-electron chi connectivity index (χ0n) is 15.7. The van der Waals surface area contributed by atoms with Crippen molar-refractivity contribution in [1.82, 2.24) is 25.4 Å². The predicted octanol–water partition coefficient (Wildman–Crippen LogP) is 3.74. The van der Waals surface area contributed by atoms with Gasteiger partial charge in [0, 0.05) is 23.1 Å². The van der Waals surface area contributed by atoms with E-state index in [0.717, 1.165) is 21.1 Å². The maximum Gasteiger partial charge on any atom is 0.286 e. The number of aromatic nitrogens is 3. The molecule has 2 N–H and O–H groups in total. The number of thiophene rings is 1. The van der Waals surface area contributed by atoms with Crippen LogP contribution in [0.1, 0.15) is 31.4 Å². The molecule has 0 aliphatic carbocycles. The Kier molecular flexibility index (Phi) is 4.97. The Bertz CT molecular complexity index is 1240. The van der Waals surface area contributed by atoms with Gasteiger partial charge in [-0.25, -0.2) is 9.97 Å². The third-order valence-electron chi connectivity index (χ3n) is 4.41. The highest BCUT2D eigenvalue weighted by molar-refractivity contribution is 9.10. The van der Waals surface area contributed by atoms with E-state index in [1.54, 1.807) is 42.3 Å². The first-order valence-corrected chi connectivity index (χ1v) is 10.2. The molecule has 4 aromatic heterocycles. The predicted molar refractivity (Wildman–Crippen MR) is 113 cm³/mol. The van der Waals surface area contributed by atoms with Crippen LogP contribution in [-0.2, 0) is 7.05 Å². The second-order valence-electron chi connectivity index (χ2n) is 6.41. The van der Waals surface area contributed by atoms with E-state index in [2.05, 4.69) is 36.7 Å². The molecule has 0 saturated heterocycles. The van der Waals surface area contributed by atoms with Gasteiger partial charge in [0.2, 0.25) is 0 Å². The summed E-state index contributed by atoms with van der Waals surface area (Å²) in [5.41, 5.74) is 6.85. The molecule has 0 bridgehead atoms. The van der Waals surface area contributed by atoms with Gasteiger partial charge in [0.1, 0.15) is 10.5 Å². The Balaban J connectivity index is 1.59. The van der Waals surface area contributed by atoms with E-state index in [1.165, 1.54) is 11.3 Å². The maximum atomic E-state index is 12.7. The molecule has 148 valence electrons. The number of carbonyl (C=O) groups is 2. The number of carbonyl (C=O) groups excluding carboxylic acids is 2. The van der Waals surface area contributed by atoms with Crippen molar-refractivity contribution < 1.29 is 14.0 Å². The second-order valence-corrected chi connectivity index (χ2v) is 8.32. The molecule has 0 saturated carbocycles. The van der Waals surface area contributed by atoms with Crippen molar-refractivity contribution in [2.45, 2.75) is 13.8 Å². The minimum atomic E-state index is -0.415. The summed E-state index contributed by atoms with van der Waals surface area (Å²) in [6.07, 6.45) is 3.32. The number of rotatable bonds is 3. The molecule has 4 heterocycles. The van der Waals surface area contributed by atoms with Gasteiger partial charge < -0.3 is 8.98 Å². The minimum absolute atomic E-state index is 0.411. The first-order valence-electron chi connectivity index (χ1n) is 8.59.